The molecule has 1 fully saturated rings. The quantitative estimate of drug-likeness (QED) is 0.705. The van der Waals surface area contributed by atoms with Crippen molar-refractivity contribution >= 4 is 17.2 Å². The van der Waals surface area contributed by atoms with Crippen molar-refractivity contribution < 1.29 is 9.32 Å². The number of benzene rings is 1. The lowest BCUT2D eigenvalue weighted by Gasteiger charge is -2.30. The van der Waals surface area contributed by atoms with Gasteiger partial charge in [0.1, 0.15) is 6.42 Å². The van der Waals surface area contributed by atoms with Crippen LogP contribution in [0.5, 0.6) is 0 Å². The molecule has 0 atom stereocenters. The number of carbonyl (C=O) groups excluding carboxylic acids is 1. The van der Waals surface area contributed by atoms with Crippen LogP contribution in [-0.2, 0) is 11.2 Å². The first kappa shape index (κ1) is 16.9. The number of aromatic nitrogens is 3. The summed E-state index contributed by atoms with van der Waals surface area (Å²) < 4.78 is 5.30. The van der Waals surface area contributed by atoms with Crippen LogP contribution >= 0.6 is 11.3 Å². The molecule has 1 amide bonds. The third-order valence-corrected chi connectivity index (χ3v) is 5.74. The summed E-state index contributed by atoms with van der Waals surface area (Å²) in [5.41, 5.74) is 2.01. The Labute approximate surface area is 155 Å². The Morgan fingerprint density at radius 3 is 2.85 bits per heavy atom. The van der Waals surface area contributed by atoms with Gasteiger partial charge in [0, 0.05) is 36.1 Å². The maximum absolute atomic E-state index is 12.6. The average molecular weight is 368 g/mol. The first-order valence-corrected chi connectivity index (χ1v) is 9.64. The van der Waals surface area contributed by atoms with E-state index in [1.165, 1.54) is 5.01 Å². The molecule has 6 nitrogen and oxygen atoms in total. The molecular weight excluding hydrogens is 348 g/mol. The van der Waals surface area contributed by atoms with Crippen LogP contribution in [0, 0.1) is 6.92 Å². The number of nitrogens with zero attached hydrogens (tertiary/aromatic N) is 4. The first-order valence-electron chi connectivity index (χ1n) is 8.76. The summed E-state index contributed by atoms with van der Waals surface area (Å²) in [4.78, 5) is 23.2. The molecule has 134 valence electrons. The fraction of sp³-hybridized carbons (Fsp3) is 0.368. The lowest BCUT2D eigenvalue weighted by molar-refractivity contribution is -0.131. The van der Waals surface area contributed by atoms with Crippen LogP contribution in [0.25, 0.3) is 11.4 Å². The highest BCUT2D eigenvalue weighted by Gasteiger charge is 2.26. The van der Waals surface area contributed by atoms with Gasteiger partial charge in [-0.15, -0.1) is 11.3 Å². The van der Waals surface area contributed by atoms with Gasteiger partial charge in [0.05, 0.1) is 5.01 Å². The van der Waals surface area contributed by atoms with Crippen molar-refractivity contribution in [3.05, 3.63) is 52.3 Å². The van der Waals surface area contributed by atoms with Crippen LogP contribution in [0.4, 0.5) is 0 Å². The maximum Gasteiger partial charge on any atom is 0.236 e. The van der Waals surface area contributed by atoms with E-state index in [1.807, 2.05) is 47.7 Å². The number of likely N-dealkylation sites (tertiary alicyclic amines) is 1. The molecule has 1 aliphatic heterocycles. The second-order valence-electron chi connectivity index (χ2n) is 6.53. The second kappa shape index (κ2) is 7.37. The predicted molar refractivity (Wildman–Crippen MR) is 98.8 cm³/mol. The topological polar surface area (TPSA) is 72.1 Å². The largest absolute Gasteiger partial charge is 0.342 e. The molecule has 3 aromatic rings. The van der Waals surface area contributed by atoms with Crippen LogP contribution < -0.4 is 0 Å². The van der Waals surface area contributed by atoms with E-state index in [-0.39, 0.29) is 12.3 Å². The van der Waals surface area contributed by atoms with Gasteiger partial charge in [0.25, 0.3) is 0 Å². The van der Waals surface area contributed by atoms with E-state index in [9.17, 15) is 4.79 Å². The van der Waals surface area contributed by atoms with Crippen molar-refractivity contribution in [3.8, 4) is 11.4 Å². The van der Waals surface area contributed by atoms with Gasteiger partial charge in [-0.3, -0.25) is 4.79 Å². The summed E-state index contributed by atoms with van der Waals surface area (Å²) in [6.07, 6.45) is 3.91. The molecule has 7 heteroatoms. The van der Waals surface area contributed by atoms with Crippen LogP contribution in [0.2, 0.25) is 0 Å². The predicted octanol–water partition coefficient (Wildman–Crippen LogP) is 3.45. The SMILES string of the molecule is Cc1ccccc1-c1noc(CC(=O)N2CCC(c3nccs3)CC2)n1. The van der Waals surface area contributed by atoms with E-state index in [4.69, 9.17) is 4.52 Å². The van der Waals surface area contributed by atoms with Crippen LogP contribution in [0.3, 0.4) is 0 Å². The Hall–Kier alpha value is -2.54. The first-order chi connectivity index (χ1) is 12.7. The standard InChI is InChI=1S/C19H20N4O2S/c1-13-4-2-3-5-15(13)18-21-16(25-22-18)12-17(24)23-9-6-14(7-10-23)19-20-8-11-26-19/h2-5,8,11,14H,6-7,9-10,12H2,1H3. The van der Waals surface area contributed by atoms with Gasteiger partial charge < -0.3 is 9.42 Å². The molecule has 26 heavy (non-hydrogen) atoms. The Kier molecular flexibility index (Phi) is 4.79. The molecular formula is C19H20N4O2S. The Morgan fingerprint density at radius 2 is 2.12 bits per heavy atom. The van der Waals surface area contributed by atoms with E-state index in [0.717, 1.165) is 37.1 Å². The summed E-state index contributed by atoms with van der Waals surface area (Å²) in [5, 5.41) is 7.21. The molecule has 0 radical (unpaired) electrons. The molecule has 1 saturated heterocycles. The van der Waals surface area contributed by atoms with E-state index in [2.05, 4.69) is 15.1 Å². The highest BCUT2D eigenvalue weighted by molar-refractivity contribution is 7.09. The highest BCUT2D eigenvalue weighted by atomic mass is 32.1. The van der Waals surface area contributed by atoms with E-state index in [1.54, 1.807) is 11.3 Å². The third kappa shape index (κ3) is 3.53. The minimum absolute atomic E-state index is 0.0440. The van der Waals surface area contributed by atoms with E-state index < -0.39 is 0 Å². The maximum atomic E-state index is 12.6. The molecule has 1 aliphatic rings. The zero-order valence-corrected chi connectivity index (χ0v) is 15.4. The number of rotatable bonds is 4. The minimum Gasteiger partial charge on any atom is -0.342 e. The molecule has 2 aromatic heterocycles. The molecule has 3 heterocycles. The lowest BCUT2D eigenvalue weighted by atomic mass is 9.97. The van der Waals surface area contributed by atoms with Crippen LogP contribution in [0.1, 0.15) is 35.2 Å². The summed E-state index contributed by atoms with van der Waals surface area (Å²) in [6.45, 7) is 3.51. The molecule has 0 spiro atoms. The Bertz CT molecular complexity index is 883. The number of thiazole rings is 1. The van der Waals surface area contributed by atoms with Gasteiger partial charge in [0.15, 0.2) is 0 Å². The molecule has 4 rings (SSSR count). The zero-order chi connectivity index (χ0) is 17.9. The van der Waals surface area contributed by atoms with Gasteiger partial charge >= 0.3 is 0 Å². The van der Waals surface area contributed by atoms with Crippen molar-refractivity contribution in [3.63, 3.8) is 0 Å². The third-order valence-electron chi connectivity index (χ3n) is 4.80. The molecule has 1 aromatic carbocycles. The number of hydrogen-bond donors (Lipinski definition) is 0. The lowest BCUT2D eigenvalue weighted by Crippen LogP contribution is -2.38. The van der Waals surface area contributed by atoms with Gasteiger partial charge in [-0.25, -0.2) is 4.98 Å². The van der Waals surface area contributed by atoms with Gasteiger partial charge in [-0.05, 0) is 25.3 Å². The highest BCUT2D eigenvalue weighted by Crippen LogP contribution is 2.29. The van der Waals surface area contributed by atoms with Crippen LogP contribution in [-0.4, -0.2) is 39.0 Å². The van der Waals surface area contributed by atoms with Crippen LogP contribution in [0.15, 0.2) is 40.4 Å². The molecule has 0 saturated carbocycles. The van der Waals surface area contributed by atoms with Crippen molar-refractivity contribution in [2.24, 2.45) is 0 Å². The van der Waals surface area contributed by atoms with Crippen molar-refractivity contribution in [1.29, 1.82) is 0 Å². The van der Waals surface area contributed by atoms with Crippen molar-refractivity contribution in [2.75, 3.05) is 13.1 Å². The number of piperidine rings is 1. The smallest absolute Gasteiger partial charge is 0.236 e. The van der Waals surface area contributed by atoms with Gasteiger partial charge in [-0.2, -0.15) is 4.98 Å². The van der Waals surface area contributed by atoms with Crippen molar-refractivity contribution in [2.45, 2.75) is 32.1 Å². The number of aryl methyl sites for hydroxylation is 1. The van der Waals surface area contributed by atoms with Gasteiger partial charge in [0.2, 0.25) is 17.6 Å². The summed E-state index contributed by atoms with van der Waals surface area (Å²) in [7, 11) is 0. The molecule has 0 unspecified atom stereocenters. The number of hydrogen-bond acceptors (Lipinski definition) is 6. The zero-order valence-electron chi connectivity index (χ0n) is 14.6. The number of amides is 1. The fourth-order valence-electron chi connectivity index (χ4n) is 3.31. The molecule has 0 bridgehead atoms. The fourth-order valence-corrected chi connectivity index (χ4v) is 4.12. The minimum atomic E-state index is 0.0440. The summed E-state index contributed by atoms with van der Waals surface area (Å²) in [5.74, 6) is 1.42. The summed E-state index contributed by atoms with van der Waals surface area (Å²) >= 11 is 1.70. The molecule has 0 N–H and O–H groups in total. The average Bonchev–Trinajstić information content (AvgIpc) is 3.34. The number of carbonyl (C=O) groups is 1. The molecule has 0 aliphatic carbocycles. The van der Waals surface area contributed by atoms with E-state index >= 15 is 0 Å². The Balaban J connectivity index is 1.36. The Morgan fingerprint density at radius 1 is 1.31 bits per heavy atom. The van der Waals surface area contributed by atoms with Gasteiger partial charge in [-0.1, -0.05) is 29.4 Å². The summed E-state index contributed by atoms with van der Waals surface area (Å²) in [6, 6.07) is 7.87. The van der Waals surface area contributed by atoms with E-state index in [0.29, 0.717) is 17.6 Å². The monoisotopic (exact) mass is 368 g/mol. The second-order valence-corrected chi connectivity index (χ2v) is 7.45. The van der Waals surface area contributed by atoms with Crippen molar-refractivity contribution in [1.82, 2.24) is 20.0 Å². The normalized spacial score (nSPS) is 15.3.